The van der Waals surface area contributed by atoms with Crippen LogP contribution < -0.4 is 5.32 Å². The Morgan fingerprint density at radius 2 is 2.31 bits per heavy atom. The van der Waals surface area contributed by atoms with Gasteiger partial charge in [-0.15, -0.1) is 0 Å². The minimum atomic E-state index is 0.196. The number of likely N-dealkylation sites (N-methyl/N-ethyl adjacent to an activating group) is 2. The van der Waals surface area contributed by atoms with Crippen molar-refractivity contribution in [1.82, 2.24) is 10.2 Å². The summed E-state index contributed by atoms with van der Waals surface area (Å²) < 4.78 is 0. The van der Waals surface area contributed by atoms with Crippen molar-refractivity contribution in [2.75, 3.05) is 27.2 Å². The van der Waals surface area contributed by atoms with Gasteiger partial charge in [0.15, 0.2) is 0 Å². The number of Topliss-reactive ketones (excluding diaryl/α,β-unsaturated/α-hetero) is 1. The molecule has 1 aliphatic rings. The third-order valence-electron chi connectivity index (χ3n) is 2.77. The zero-order valence-corrected chi connectivity index (χ0v) is 8.68. The summed E-state index contributed by atoms with van der Waals surface area (Å²) in [6.45, 7) is 1.92. The van der Waals surface area contributed by atoms with Crippen LogP contribution in [0, 0.1) is 0 Å². The lowest BCUT2D eigenvalue weighted by atomic mass is 9.93. The third kappa shape index (κ3) is 3.08. The summed E-state index contributed by atoms with van der Waals surface area (Å²) in [6.07, 6.45) is 4.14. The fourth-order valence-corrected chi connectivity index (χ4v) is 1.87. The number of hydrogen-bond acceptors (Lipinski definition) is 3. The molecule has 0 aromatic carbocycles. The minimum absolute atomic E-state index is 0.196. The fraction of sp³-hybridized carbons (Fsp3) is 0.900. The highest BCUT2D eigenvalue weighted by Crippen LogP contribution is 2.18. The van der Waals surface area contributed by atoms with E-state index in [9.17, 15) is 4.79 Å². The van der Waals surface area contributed by atoms with Crippen LogP contribution in [-0.4, -0.2) is 43.9 Å². The van der Waals surface area contributed by atoms with Gasteiger partial charge in [0.2, 0.25) is 0 Å². The maximum absolute atomic E-state index is 11.5. The van der Waals surface area contributed by atoms with Gasteiger partial charge in [-0.05, 0) is 26.9 Å². The van der Waals surface area contributed by atoms with Gasteiger partial charge in [-0.25, -0.2) is 0 Å². The maximum atomic E-state index is 11.5. The average Bonchev–Trinajstić information content (AvgIpc) is 2.15. The van der Waals surface area contributed by atoms with E-state index in [1.54, 1.807) is 0 Å². The van der Waals surface area contributed by atoms with Crippen LogP contribution in [0.1, 0.15) is 25.7 Å². The molecule has 0 bridgehead atoms. The molecular formula is C10H20N2O. The van der Waals surface area contributed by atoms with Gasteiger partial charge >= 0.3 is 0 Å². The summed E-state index contributed by atoms with van der Waals surface area (Å²) in [5.74, 6) is 0.435. The van der Waals surface area contributed by atoms with Crippen LogP contribution in [0.2, 0.25) is 0 Å². The van der Waals surface area contributed by atoms with E-state index >= 15 is 0 Å². The van der Waals surface area contributed by atoms with Crippen molar-refractivity contribution in [3.8, 4) is 0 Å². The molecular weight excluding hydrogens is 164 g/mol. The summed E-state index contributed by atoms with van der Waals surface area (Å²) in [5, 5.41) is 3.10. The van der Waals surface area contributed by atoms with E-state index in [1.165, 1.54) is 6.42 Å². The van der Waals surface area contributed by atoms with Gasteiger partial charge in [-0.2, -0.15) is 0 Å². The van der Waals surface area contributed by atoms with Crippen LogP contribution in [0.4, 0.5) is 0 Å². The van der Waals surface area contributed by atoms with Crippen LogP contribution >= 0.6 is 0 Å². The topological polar surface area (TPSA) is 32.3 Å². The molecule has 1 saturated carbocycles. The molecule has 0 aromatic rings. The smallest absolute Gasteiger partial charge is 0.149 e. The van der Waals surface area contributed by atoms with E-state index in [1.807, 2.05) is 14.1 Å². The van der Waals surface area contributed by atoms with Crippen LogP contribution in [0.15, 0.2) is 0 Å². The summed E-state index contributed by atoms with van der Waals surface area (Å²) in [4.78, 5) is 13.7. The number of ketones is 1. The van der Waals surface area contributed by atoms with E-state index in [0.717, 1.165) is 32.4 Å². The molecule has 1 atom stereocenters. The standard InChI is InChI=1S/C10H20N2O/c1-11-7-8-12(2)9-5-3-4-6-10(9)13/h9,11H,3-8H2,1-2H3. The van der Waals surface area contributed by atoms with Gasteiger partial charge in [-0.1, -0.05) is 6.42 Å². The number of nitrogens with zero attached hydrogens (tertiary/aromatic N) is 1. The van der Waals surface area contributed by atoms with Crippen molar-refractivity contribution in [2.45, 2.75) is 31.7 Å². The van der Waals surface area contributed by atoms with E-state index in [-0.39, 0.29) is 6.04 Å². The number of hydrogen-bond donors (Lipinski definition) is 1. The molecule has 1 rings (SSSR count). The quantitative estimate of drug-likeness (QED) is 0.696. The molecule has 76 valence electrons. The molecule has 0 heterocycles. The number of nitrogens with one attached hydrogen (secondary N) is 1. The predicted molar refractivity (Wildman–Crippen MR) is 53.8 cm³/mol. The van der Waals surface area contributed by atoms with Gasteiger partial charge in [-0.3, -0.25) is 9.69 Å². The maximum Gasteiger partial charge on any atom is 0.149 e. The molecule has 1 aliphatic carbocycles. The molecule has 0 radical (unpaired) electrons. The Kier molecular flexibility index (Phi) is 4.39. The molecule has 13 heavy (non-hydrogen) atoms. The highest BCUT2D eigenvalue weighted by molar-refractivity contribution is 5.84. The first kappa shape index (κ1) is 10.7. The highest BCUT2D eigenvalue weighted by atomic mass is 16.1. The molecule has 1 fully saturated rings. The van der Waals surface area contributed by atoms with Crippen molar-refractivity contribution in [3.63, 3.8) is 0 Å². The van der Waals surface area contributed by atoms with Crippen molar-refractivity contribution >= 4 is 5.78 Å². The Balaban J connectivity index is 2.34. The Labute approximate surface area is 80.5 Å². The van der Waals surface area contributed by atoms with Crippen molar-refractivity contribution < 1.29 is 4.79 Å². The predicted octanol–water partition coefficient (Wildman–Crippen LogP) is 0.649. The lowest BCUT2D eigenvalue weighted by molar-refractivity contribution is -0.125. The average molecular weight is 184 g/mol. The van der Waals surface area contributed by atoms with E-state index < -0.39 is 0 Å². The lowest BCUT2D eigenvalue weighted by Gasteiger charge is -2.29. The summed E-state index contributed by atoms with van der Waals surface area (Å²) >= 11 is 0. The summed E-state index contributed by atoms with van der Waals surface area (Å²) in [7, 11) is 3.99. The normalized spacial score (nSPS) is 23.9. The van der Waals surface area contributed by atoms with Crippen molar-refractivity contribution in [2.24, 2.45) is 0 Å². The molecule has 0 spiro atoms. The molecule has 0 saturated heterocycles. The second-order valence-corrected chi connectivity index (χ2v) is 3.81. The van der Waals surface area contributed by atoms with Gasteiger partial charge in [0, 0.05) is 19.5 Å². The van der Waals surface area contributed by atoms with E-state index in [0.29, 0.717) is 5.78 Å². The Morgan fingerprint density at radius 1 is 1.54 bits per heavy atom. The van der Waals surface area contributed by atoms with Gasteiger partial charge in [0.25, 0.3) is 0 Å². The van der Waals surface area contributed by atoms with Crippen LogP contribution in [-0.2, 0) is 4.79 Å². The lowest BCUT2D eigenvalue weighted by Crippen LogP contribution is -2.42. The highest BCUT2D eigenvalue weighted by Gasteiger charge is 2.25. The second kappa shape index (κ2) is 5.35. The Bertz CT molecular complexity index is 170. The van der Waals surface area contributed by atoms with Crippen LogP contribution in [0.3, 0.4) is 0 Å². The van der Waals surface area contributed by atoms with Gasteiger partial charge in [0.1, 0.15) is 5.78 Å². The monoisotopic (exact) mass is 184 g/mol. The van der Waals surface area contributed by atoms with E-state index in [4.69, 9.17) is 0 Å². The summed E-state index contributed by atoms with van der Waals surface area (Å²) in [5.41, 5.74) is 0. The first-order valence-electron chi connectivity index (χ1n) is 5.13. The zero-order valence-electron chi connectivity index (χ0n) is 8.68. The van der Waals surface area contributed by atoms with E-state index in [2.05, 4.69) is 10.2 Å². The van der Waals surface area contributed by atoms with Crippen LogP contribution in [0.25, 0.3) is 0 Å². The summed E-state index contributed by atoms with van der Waals surface area (Å²) in [6, 6.07) is 0.196. The molecule has 0 aliphatic heterocycles. The molecule has 3 heteroatoms. The molecule has 3 nitrogen and oxygen atoms in total. The zero-order chi connectivity index (χ0) is 9.68. The molecule has 1 unspecified atom stereocenters. The Morgan fingerprint density at radius 3 is 2.92 bits per heavy atom. The Hall–Kier alpha value is -0.410. The van der Waals surface area contributed by atoms with Gasteiger partial charge < -0.3 is 5.32 Å². The first-order valence-corrected chi connectivity index (χ1v) is 5.13. The number of carbonyl (C=O) groups excluding carboxylic acids is 1. The van der Waals surface area contributed by atoms with Crippen LogP contribution in [0.5, 0.6) is 0 Å². The molecule has 1 N–H and O–H groups in total. The molecule has 0 amide bonds. The van der Waals surface area contributed by atoms with Crippen molar-refractivity contribution in [3.05, 3.63) is 0 Å². The number of rotatable bonds is 4. The minimum Gasteiger partial charge on any atom is -0.318 e. The first-order chi connectivity index (χ1) is 6.25. The van der Waals surface area contributed by atoms with Crippen molar-refractivity contribution in [1.29, 1.82) is 0 Å². The third-order valence-corrected chi connectivity index (χ3v) is 2.77. The largest absolute Gasteiger partial charge is 0.318 e. The van der Waals surface area contributed by atoms with Gasteiger partial charge in [0.05, 0.1) is 6.04 Å². The number of carbonyl (C=O) groups is 1. The second-order valence-electron chi connectivity index (χ2n) is 3.81. The fourth-order valence-electron chi connectivity index (χ4n) is 1.87. The SMILES string of the molecule is CNCCN(C)C1CCCCC1=O. The molecule has 0 aromatic heterocycles.